The van der Waals surface area contributed by atoms with Gasteiger partial charge in [0.25, 0.3) is 5.56 Å². The first-order valence-corrected chi connectivity index (χ1v) is 7.49. The van der Waals surface area contributed by atoms with Gasteiger partial charge in [-0.1, -0.05) is 25.1 Å². The van der Waals surface area contributed by atoms with Crippen molar-refractivity contribution in [3.05, 3.63) is 22.1 Å². The van der Waals surface area contributed by atoms with Gasteiger partial charge in [-0.2, -0.15) is 5.26 Å². The van der Waals surface area contributed by atoms with Crippen LogP contribution in [0.5, 0.6) is 0 Å². The summed E-state index contributed by atoms with van der Waals surface area (Å²) in [6.45, 7) is 2.05. The normalized spacial score (nSPS) is 17.7. The van der Waals surface area contributed by atoms with Crippen LogP contribution in [-0.4, -0.2) is 21.3 Å². The highest BCUT2D eigenvalue weighted by molar-refractivity contribution is 7.99. The zero-order valence-corrected chi connectivity index (χ0v) is 11.8. The molecule has 1 aliphatic carbocycles. The third kappa shape index (κ3) is 3.58. The van der Waals surface area contributed by atoms with Crippen molar-refractivity contribution in [2.45, 2.75) is 43.3 Å². The van der Waals surface area contributed by atoms with Crippen LogP contribution in [0.25, 0.3) is 0 Å². The van der Waals surface area contributed by atoms with Gasteiger partial charge in [-0.3, -0.25) is 4.79 Å². The van der Waals surface area contributed by atoms with E-state index in [0.29, 0.717) is 10.9 Å². The largest absolute Gasteiger partial charge is 0.312 e. The highest BCUT2D eigenvalue weighted by atomic mass is 32.2. The number of aromatic amines is 1. The van der Waals surface area contributed by atoms with Crippen molar-refractivity contribution in [3.63, 3.8) is 0 Å². The van der Waals surface area contributed by atoms with E-state index in [1.54, 1.807) is 0 Å². The quantitative estimate of drug-likeness (QED) is 0.606. The molecule has 1 aliphatic rings. The lowest BCUT2D eigenvalue weighted by Gasteiger charge is -2.19. The lowest BCUT2D eigenvalue weighted by molar-refractivity contribution is 0.532. The second-order valence-corrected chi connectivity index (χ2v) is 5.97. The van der Waals surface area contributed by atoms with Crippen LogP contribution in [0.4, 0.5) is 0 Å². The SMILES string of the molecule is CCCc1cc(=O)[nH]c(SCC(N)(C#N)C2CC2)n1. The highest BCUT2D eigenvalue weighted by Gasteiger charge is 2.42. The average molecular weight is 278 g/mol. The maximum atomic E-state index is 11.5. The van der Waals surface area contributed by atoms with Crippen LogP contribution in [0.2, 0.25) is 0 Å². The summed E-state index contributed by atoms with van der Waals surface area (Å²) < 4.78 is 0. The molecule has 1 saturated carbocycles. The summed E-state index contributed by atoms with van der Waals surface area (Å²) in [6, 6.07) is 3.72. The Balaban J connectivity index is 2.07. The van der Waals surface area contributed by atoms with Gasteiger partial charge >= 0.3 is 0 Å². The standard InChI is InChI=1S/C13H18N4OS/c1-2-3-10-6-11(18)17-12(16-10)19-8-13(15,7-14)9-4-5-9/h6,9H,2-5,8,15H2,1H3,(H,16,17,18). The number of nitriles is 1. The molecule has 0 amide bonds. The summed E-state index contributed by atoms with van der Waals surface area (Å²) in [5.74, 6) is 0.753. The van der Waals surface area contributed by atoms with Crippen molar-refractivity contribution in [2.24, 2.45) is 11.7 Å². The van der Waals surface area contributed by atoms with E-state index >= 15 is 0 Å². The van der Waals surface area contributed by atoms with Crippen LogP contribution in [-0.2, 0) is 6.42 Å². The van der Waals surface area contributed by atoms with Crippen molar-refractivity contribution < 1.29 is 0 Å². The summed E-state index contributed by atoms with van der Waals surface area (Å²) in [7, 11) is 0. The molecule has 1 unspecified atom stereocenters. The molecule has 1 heterocycles. The van der Waals surface area contributed by atoms with Crippen molar-refractivity contribution in [2.75, 3.05) is 5.75 Å². The molecule has 102 valence electrons. The van der Waals surface area contributed by atoms with Crippen molar-refractivity contribution in [1.29, 1.82) is 5.26 Å². The maximum Gasteiger partial charge on any atom is 0.251 e. The van der Waals surface area contributed by atoms with E-state index in [9.17, 15) is 10.1 Å². The molecule has 2 rings (SSSR count). The molecular formula is C13H18N4OS. The Morgan fingerprint density at radius 2 is 2.42 bits per heavy atom. The molecule has 19 heavy (non-hydrogen) atoms. The minimum atomic E-state index is -0.802. The minimum Gasteiger partial charge on any atom is -0.312 e. The fraction of sp³-hybridized carbons (Fsp3) is 0.615. The van der Waals surface area contributed by atoms with Gasteiger partial charge in [0.2, 0.25) is 0 Å². The third-order valence-electron chi connectivity index (χ3n) is 3.24. The van der Waals surface area contributed by atoms with Crippen LogP contribution < -0.4 is 11.3 Å². The Hall–Kier alpha value is -1.32. The van der Waals surface area contributed by atoms with Crippen molar-refractivity contribution >= 4 is 11.8 Å². The molecule has 3 N–H and O–H groups in total. The first kappa shape index (κ1) is 14.1. The van der Waals surface area contributed by atoms with E-state index < -0.39 is 5.54 Å². The van der Waals surface area contributed by atoms with Gasteiger partial charge in [0.1, 0.15) is 5.54 Å². The first-order valence-electron chi connectivity index (χ1n) is 6.50. The summed E-state index contributed by atoms with van der Waals surface area (Å²) in [5.41, 5.74) is 5.93. The van der Waals surface area contributed by atoms with Crippen molar-refractivity contribution in [3.8, 4) is 6.07 Å². The second-order valence-electron chi connectivity index (χ2n) is 5.01. The summed E-state index contributed by atoms with van der Waals surface area (Å²) in [6.07, 6.45) is 3.77. The zero-order chi connectivity index (χ0) is 13.9. The molecule has 6 heteroatoms. The Morgan fingerprint density at radius 3 is 3.00 bits per heavy atom. The van der Waals surface area contributed by atoms with Crippen molar-refractivity contribution in [1.82, 2.24) is 9.97 Å². The Labute approximate surface area is 116 Å². The van der Waals surface area contributed by atoms with Crippen LogP contribution in [0, 0.1) is 17.2 Å². The van der Waals surface area contributed by atoms with E-state index in [0.717, 1.165) is 31.4 Å². The molecule has 0 aliphatic heterocycles. The van der Waals surface area contributed by atoms with Crippen LogP contribution in [0.15, 0.2) is 16.0 Å². The van der Waals surface area contributed by atoms with E-state index in [2.05, 4.69) is 16.0 Å². The van der Waals surface area contributed by atoms with Crippen LogP contribution in [0.1, 0.15) is 31.9 Å². The number of aromatic nitrogens is 2. The monoisotopic (exact) mass is 278 g/mol. The van der Waals surface area contributed by atoms with E-state index in [-0.39, 0.29) is 11.5 Å². The molecule has 0 saturated heterocycles. The number of hydrogen-bond acceptors (Lipinski definition) is 5. The lowest BCUT2D eigenvalue weighted by Crippen LogP contribution is -2.43. The number of rotatable bonds is 6. The molecule has 0 bridgehead atoms. The number of H-pyrrole nitrogens is 1. The molecule has 0 spiro atoms. The summed E-state index contributed by atoms with van der Waals surface area (Å²) in [4.78, 5) is 18.6. The van der Waals surface area contributed by atoms with E-state index in [1.165, 1.54) is 17.8 Å². The minimum absolute atomic E-state index is 0.146. The van der Waals surface area contributed by atoms with Gasteiger partial charge in [0, 0.05) is 17.5 Å². The molecule has 1 aromatic rings. The first-order chi connectivity index (χ1) is 9.07. The van der Waals surface area contributed by atoms with Gasteiger partial charge in [0.15, 0.2) is 5.16 Å². The number of hydrogen-bond donors (Lipinski definition) is 2. The zero-order valence-electron chi connectivity index (χ0n) is 11.0. The molecule has 1 aromatic heterocycles. The average Bonchev–Trinajstić information content (AvgIpc) is 3.20. The summed E-state index contributed by atoms with van der Waals surface area (Å²) >= 11 is 1.36. The Bertz CT molecular complexity index is 546. The summed E-state index contributed by atoms with van der Waals surface area (Å²) in [5, 5.41) is 9.74. The lowest BCUT2D eigenvalue weighted by atomic mass is 10.00. The van der Waals surface area contributed by atoms with Crippen LogP contribution in [0.3, 0.4) is 0 Å². The Morgan fingerprint density at radius 1 is 1.68 bits per heavy atom. The van der Waals surface area contributed by atoms with Gasteiger partial charge in [-0.05, 0) is 25.2 Å². The topological polar surface area (TPSA) is 95.6 Å². The smallest absolute Gasteiger partial charge is 0.251 e. The fourth-order valence-corrected chi connectivity index (χ4v) is 2.99. The third-order valence-corrected chi connectivity index (χ3v) is 4.33. The van der Waals surface area contributed by atoms with Gasteiger partial charge in [0.05, 0.1) is 6.07 Å². The molecule has 1 fully saturated rings. The van der Waals surface area contributed by atoms with Crippen LogP contribution >= 0.6 is 11.8 Å². The van der Waals surface area contributed by atoms with Gasteiger partial charge in [-0.15, -0.1) is 0 Å². The number of thioether (sulfide) groups is 1. The molecule has 0 aromatic carbocycles. The van der Waals surface area contributed by atoms with Gasteiger partial charge in [-0.25, -0.2) is 4.98 Å². The second kappa shape index (κ2) is 5.76. The Kier molecular flexibility index (Phi) is 4.27. The highest BCUT2D eigenvalue weighted by Crippen LogP contribution is 2.40. The molecular weight excluding hydrogens is 260 g/mol. The molecule has 0 radical (unpaired) electrons. The van der Waals surface area contributed by atoms with Gasteiger partial charge < -0.3 is 10.7 Å². The van der Waals surface area contributed by atoms with E-state index in [1.807, 2.05) is 6.92 Å². The maximum absolute atomic E-state index is 11.5. The number of nitrogens with zero attached hydrogens (tertiary/aromatic N) is 2. The number of aryl methyl sites for hydroxylation is 1. The number of nitrogens with two attached hydrogens (primary N) is 1. The van der Waals surface area contributed by atoms with E-state index in [4.69, 9.17) is 5.73 Å². The molecule has 1 atom stereocenters. The predicted molar refractivity (Wildman–Crippen MR) is 74.8 cm³/mol. The molecule has 5 nitrogen and oxygen atoms in total. The predicted octanol–water partition coefficient (Wildman–Crippen LogP) is 1.45. The number of nitrogens with one attached hydrogen (secondary N) is 1. The fourth-order valence-electron chi connectivity index (χ4n) is 1.96.